The number of hydrogen-bond donors (Lipinski definition) is 4. The van der Waals surface area contributed by atoms with Crippen LogP contribution in [-0.4, -0.2) is 135 Å². The third-order valence-electron chi connectivity index (χ3n) is 39.3. The molecule has 4 heterocycles. The fraction of sp³-hybridized carbons (Fsp3) is 0.810. The molecular weight excluding hydrogens is 1570 g/mol. The van der Waals surface area contributed by atoms with E-state index >= 15 is 4.39 Å². The molecule has 17 nitrogen and oxygen atoms in total. The molecule has 33 atom stereocenters. The van der Waals surface area contributed by atoms with E-state index in [0.29, 0.717) is 188 Å². The second kappa shape index (κ2) is 34.3. The Morgan fingerprint density at radius 1 is 0.451 bits per heavy atom. The number of alkyl halides is 4. The van der Waals surface area contributed by atoms with Crippen molar-refractivity contribution in [3.63, 3.8) is 0 Å². The number of aliphatic hydroxyl groups is 4. The number of rotatable bonds is 16. The third-order valence-corrected chi connectivity index (χ3v) is 40.4. The van der Waals surface area contributed by atoms with E-state index in [1.54, 1.807) is 44.9 Å². The van der Waals surface area contributed by atoms with Gasteiger partial charge in [-0.25, -0.2) is 30.8 Å². The molecule has 20 rings (SSSR count). The number of hydrogen-bond acceptors (Lipinski definition) is 12. The van der Waals surface area contributed by atoms with E-state index in [9.17, 15) is 56.4 Å². The Hall–Kier alpha value is -5.34. The Balaban J connectivity index is 0.000000116. The van der Waals surface area contributed by atoms with Crippen molar-refractivity contribution in [3.05, 3.63) is 91.3 Å². The number of sulfone groups is 1. The Morgan fingerprint density at radius 3 is 1.21 bits per heavy atom. The maximum Gasteiger partial charge on any atom is 0.224 e. The average Bonchev–Trinajstić information content (AvgIpc) is 1.50. The lowest BCUT2D eigenvalue weighted by molar-refractivity contribution is -0.139. The van der Waals surface area contributed by atoms with Gasteiger partial charge in [0.25, 0.3) is 0 Å². The van der Waals surface area contributed by atoms with Gasteiger partial charge in [0.15, 0.2) is 27.2 Å². The Bertz CT molecular complexity index is 4550. The van der Waals surface area contributed by atoms with E-state index in [-0.39, 0.29) is 57.7 Å². The second-order valence-electron chi connectivity index (χ2n) is 45.3. The monoisotopic (exact) mass is 1710 g/mol. The van der Waals surface area contributed by atoms with Crippen LogP contribution in [0.5, 0.6) is 0 Å². The van der Waals surface area contributed by atoms with E-state index in [4.69, 9.17) is 6.57 Å². The van der Waals surface area contributed by atoms with E-state index in [2.05, 4.69) is 54.4 Å². The molecule has 22 heteroatoms. The summed E-state index contributed by atoms with van der Waals surface area (Å²) in [6.07, 6.45) is 49.2. The van der Waals surface area contributed by atoms with Gasteiger partial charge in [-0.15, -0.1) is 0 Å². The number of fused-ring (bicyclic) bond motifs is 20. The molecule has 16 aliphatic carbocycles. The molecule has 0 aromatic carbocycles. The first kappa shape index (κ1) is 88.7. The lowest BCUT2D eigenvalue weighted by Gasteiger charge is -2.57. The minimum atomic E-state index is -3.19. The Kier molecular flexibility index (Phi) is 24.9. The predicted molar refractivity (Wildman–Crippen MR) is 461 cm³/mol. The minimum Gasteiger partial charge on any atom is -0.390 e. The first-order chi connectivity index (χ1) is 58.1. The van der Waals surface area contributed by atoms with Crippen molar-refractivity contribution in [1.82, 2.24) is 33.9 Å². The van der Waals surface area contributed by atoms with Crippen LogP contribution in [-0.2, 0) is 50.4 Å². The number of Topliss-reactive ketones (excluding diaryl/α,β-unsaturated/α-hetero) is 3. The minimum absolute atomic E-state index is 0.0120. The summed E-state index contributed by atoms with van der Waals surface area (Å²) >= 11 is 0. The van der Waals surface area contributed by atoms with Gasteiger partial charge in [-0.05, 0) is 396 Å². The number of aromatic nitrogens is 7. The molecule has 0 bridgehead atoms. The van der Waals surface area contributed by atoms with Crippen molar-refractivity contribution in [2.24, 2.45) is 164 Å². The summed E-state index contributed by atoms with van der Waals surface area (Å²) < 4.78 is 86.3. The summed E-state index contributed by atoms with van der Waals surface area (Å²) in [5, 5.41) is 54.7. The second-order valence-corrected chi connectivity index (χ2v) is 47.3. The zero-order valence-corrected chi connectivity index (χ0v) is 74.8. The van der Waals surface area contributed by atoms with Crippen molar-refractivity contribution in [1.29, 1.82) is 0 Å². The lowest BCUT2D eigenvalue weighted by atomic mass is 9.48. The highest BCUT2D eigenvalue weighted by Gasteiger charge is 2.65. The van der Waals surface area contributed by atoms with Crippen LogP contribution in [0.15, 0.2) is 84.8 Å². The molecule has 4 aromatic heterocycles. The Morgan fingerprint density at radius 2 is 0.828 bits per heavy atom. The molecule has 16 saturated carbocycles. The predicted octanol–water partition coefficient (Wildman–Crippen LogP) is 19.2. The normalized spacial score (nSPS) is 45.6. The van der Waals surface area contributed by atoms with Gasteiger partial charge in [0.2, 0.25) is 5.69 Å². The lowest BCUT2D eigenvalue weighted by Crippen LogP contribution is -2.54. The van der Waals surface area contributed by atoms with Gasteiger partial charge in [0.1, 0.15) is 26.2 Å². The molecule has 122 heavy (non-hydrogen) atoms. The first-order valence-electron chi connectivity index (χ1n) is 48.3. The molecule has 0 spiro atoms. The van der Waals surface area contributed by atoms with Crippen LogP contribution in [0.25, 0.3) is 4.85 Å². The smallest absolute Gasteiger partial charge is 0.224 e. The quantitative estimate of drug-likeness (QED) is 0.0466. The maximum absolute atomic E-state index is 15.3. The standard InChI is InChI=1S/C27H40FNO3S.C25H34FN3O2.2C24H35FN2O2/c1-18(15-29-13-10-20(16-29)33(3,31)32)24-6-7-25-23-5-4-19-14-27(30,17-28)12-9-21(19)22(23)8-11-26(24,25)2;1-24-9-7-19-18-8-10-25(31,15-26)11-16(18)3-4-20(19)21(24)5-6-22(24)23(30)14-29-13-17(27-2)12-28-29;1-23(29)8-6-16-15-7-9-24(2)19(17(15)12-21(25)18(16)13-23)4-5-20(24)22(28)14-27-11-3-10-26-27;1-23-9-7-18-17-8-10-24(29,15-25)13-16(17)3-4-19(18)20(23)5-6-21(23)22(28)14-27-12-2-11-26-27/h10,13,16,19,21-25,30H,1,4-9,11-12,14-15,17H2,2-3H3;12-13,16,18-22,31H,3-11,14-15H2,1H3;3,10-11,15-21,29H,4-9,12-14H2,1-2H3;2,11-12,16-21,29H,3-10,13-15H2,1H3/t19-,21+,22-,23-,24-,25+,26-,27-;16-,18+,19-,20-,21+,22-,24+,25-;15-,16-,17-,18-,19+,20-,21-,23-,24+;16-,17+,18-,19-,20+,21-,23+,24-/m1111/s1. The zero-order valence-electron chi connectivity index (χ0n) is 74.0. The molecule has 4 aromatic rings. The molecule has 0 aliphatic heterocycles. The number of carbonyl (C=O) groups is 3. The number of ketones is 3. The van der Waals surface area contributed by atoms with Crippen molar-refractivity contribution >= 4 is 32.9 Å². The van der Waals surface area contributed by atoms with Crippen molar-refractivity contribution < 1.29 is 60.8 Å². The molecule has 672 valence electrons. The molecule has 0 radical (unpaired) electrons. The number of carbonyl (C=O) groups excluding carboxylic acids is 3. The van der Waals surface area contributed by atoms with Gasteiger partial charge in [-0.3, -0.25) is 28.4 Å². The van der Waals surface area contributed by atoms with Crippen LogP contribution in [0.4, 0.5) is 23.2 Å². The average molecular weight is 1710 g/mol. The zero-order chi connectivity index (χ0) is 86.0. The van der Waals surface area contributed by atoms with Gasteiger partial charge in [-0.1, -0.05) is 39.8 Å². The fourth-order valence-corrected chi connectivity index (χ4v) is 34.3. The fourth-order valence-electron chi connectivity index (χ4n) is 33.7. The number of allylic oxidation sites excluding steroid dienone is 1. The summed E-state index contributed by atoms with van der Waals surface area (Å²) in [6, 6.07) is 5.42. The van der Waals surface area contributed by atoms with Gasteiger partial charge < -0.3 is 25.0 Å². The van der Waals surface area contributed by atoms with Crippen LogP contribution in [0.1, 0.15) is 259 Å². The molecule has 0 unspecified atom stereocenters. The van der Waals surface area contributed by atoms with Crippen LogP contribution >= 0.6 is 0 Å². The maximum atomic E-state index is 15.3. The SMILES string of the molecule is C=C(Cn1ccc(S(C)(=O)=O)c1)[C@H]1CC[C@H]2[C@@H]3CC[C@@H]4C[C@@](O)(CF)CC[C@@H]4[C@H]3CC[C@]12C.C[C@@]1(O)CC[C@@H]2[C@H]3CC[C@]4(C)[C@@H](C(=O)Cn5cccn5)CC[C@H]4[C@@H]3C[C@@H](F)[C@@H]2C1.C[C@]12CC[C@H]3[C@@H](CC[C@@H]4C[C@@](O)(CF)CC[C@@H]43)[C@@H]1CC[C@@H]2C(=O)Cn1cccn1.[C-]#[N+]c1cnn(CC(=O)[C@H]2CC[C@H]3[C@@H]4CC[C@@H]5C[C@@](O)(CF)CC[C@@H]5[C@H]4CC[C@]23C)c1. The molecule has 0 amide bonds. The highest BCUT2D eigenvalue weighted by Crippen LogP contribution is 2.71. The van der Waals surface area contributed by atoms with Crippen molar-refractivity contribution in [2.75, 3.05) is 26.3 Å². The summed E-state index contributed by atoms with van der Waals surface area (Å²) in [5.41, 5.74) is -1.72. The number of halogens is 4. The molecule has 16 fully saturated rings. The third kappa shape index (κ3) is 16.6. The van der Waals surface area contributed by atoms with Crippen LogP contribution in [0, 0.1) is 170 Å². The summed E-state index contributed by atoms with van der Waals surface area (Å²) in [6.45, 7) is 22.9. The molecule has 0 saturated heterocycles. The number of nitrogens with zero attached hydrogens (tertiary/aromatic N) is 8. The molecule has 16 aliphatic rings. The molecule has 4 N–H and O–H groups in total. The summed E-state index contributed by atoms with van der Waals surface area (Å²) in [4.78, 5) is 43.3. The van der Waals surface area contributed by atoms with Gasteiger partial charge in [0.05, 0.1) is 59.7 Å². The van der Waals surface area contributed by atoms with Crippen LogP contribution in [0.2, 0.25) is 0 Å². The highest BCUT2D eigenvalue weighted by atomic mass is 32.2. The van der Waals surface area contributed by atoms with Gasteiger partial charge in [-0.2, -0.15) is 15.3 Å². The van der Waals surface area contributed by atoms with Gasteiger partial charge in [0, 0.05) is 73.9 Å². The van der Waals surface area contributed by atoms with Crippen molar-refractivity contribution in [3.8, 4) is 0 Å². The van der Waals surface area contributed by atoms with E-state index in [0.717, 1.165) is 133 Å². The van der Waals surface area contributed by atoms with E-state index in [1.807, 2.05) is 42.2 Å². The largest absolute Gasteiger partial charge is 0.390 e. The van der Waals surface area contributed by atoms with E-state index < -0.39 is 58.4 Å². The van der Waals surface area contributed by atoms with Crippen LogP contribution < -0.4 is 0 Å². The summed E-state index contributed by atoms with van der Waals surface area (Å²) in [7, 11) is -3.19. The highest BCUT2D eigenvalue weighted by molar-refractivity contribution is 7.90. The molecular formula is C100H144F4N8O9S. The van der Waals surface area contributed by atoms with Crippen LogP contribution in [0.3, 0.4) is 0 Å². The first-order valence-corrected chi connectivity index (χ1v) is 50.2. The Labute approximate surface area is 723 Å². The summed E-state index contributed by atoms with van der Waals surface area (Å²) in [5.74, 6) is 13.3. The van der Waals surface area contributed by atoms with E-state index in [1.165, 1.54) is 82.2 Å². The van der Waals surface area contributed by atoms with Crippen molar-refractivity contribution in [2.45, 2.75) is 319 Å². The topological polar surface area (TPSA) is 229 Å². The van der Waals surface area contributed by atoms with Gasteiger partial charge >= 0.3 is 0 Å².